The van der Waals surface area contributed by atoms with Crippen molar-refractivity contribution in [1.29, 1.82) is 0 Å². The van der Waals surface area contributed by atoms with Gasteiger partial charge in [0.15, 0.2) is 0 Å². The Hall–Kier alpha value is -1.02. The third kappa shape index (κ3) is 2.96. The van der Waals surface area contributed by atoms with E-state index in [1.165, 1.54) is 38.2 Å². The lowest BCUT2D eigenvalue weighted by Crippen LogP contribution is -2.34. The minimum atomic E-state index is 0.858. The molecular formula is C13H20N2. The summed E-state index contributed by atoms with van der Waals surface area (Å²) in [5.41, 5.74) is 1.33. The molecule has 1 aromatic rings. The molecule has 1 N–H and O–H groups in total. The van der Waals surface area contributed by atoms with Gasteiger partial charge in [-0.3, -0.25) is 0 Å². The Labute approximate surface area is 92.3 Å². The van der Waals surface area contributed by atoms with Crippen LogP contribution >= 0.6 is 0 Å². The lowest BCUT2D eigenvalue weighted by Gasteiger charge is -2.28. The highest BCUT2D eigenvalue weighted by Crippen LogP contribution is 2.17. The Balaban J connectivity index is 1.88. The van der Waals surface area contributed by atoms with Gasteiger partial charge >= 0.3 is 0 Å². The molecule has 1 saturated heterocycles. The van der Waals surface area contributed by atoms with Crippen LogP contribution in [0.2, 0.25) is 0 Å². The maximum Gasteiger partial charge on any atom is 0.0363 e. The maximum atomic E-state index is 3.41. The van der Waals surface area contributed by atoms with Crippen LogP contribution in [0.4, 0.5) is 5.69 Å². The zero-order valence-corrected chi connectivity index (χ0v) is 9.45. The SMILES string of the molecule is CN(CC1CCNCC1)c1ccccc1. The van der Waals surface area contributed by atoms with Crippen molar-refractivity contribution in [2.24, 2.45) is 5.92 Å². The smallest absolute Gasteiger partial charge is 0.0363 e. The van der Waals surface area contributed by atoms with Crippen LogP contribution in [-0.2, 0) is 0 Å². The van der Waals surface area contributed by atoms with E-state index in [4.69, 9.17) is 0 Å². The van der Waals surface area contributed by atoms with Crippen LogP contribution in [0.3, 0.4) is 0 Å². The predicted octanol–water partition coefficient (Wildman–Crippen LogP) is 2.12. The number of piperidine rings is 1. The molecule has 82 valence electrons. The highest BCUT2D eigenvalue weighted by Gasteiger charge is 2.14. The zero-order valence-electron chi connectivity index (χ0n) is 9.45. The second-order valence-corrected chi connectivity index (χ2v) is 4.41. The first kappa shape index (κ1) is 10.5. The van der Waals surface area contributed by atoms with Gasteiger partial charge in [0.2, 0.25) is 0 Å². The summed E-state index contributed by atoms with van der Waals surface area (Å²) in [4.78, 5) is 2.37. The first-order valence-corrected chi connectivity index (χ1v) is 5.83. The number of hydrogen-bond acceptors (Lipinski definition) is 2. The van der Waals surface area contributed by atoms with Crippen molar-refractivity contribution in [1.82, 2.24) is 5.32 Å². The van der Waals surface area contributed by atoms with Crippen molar-refractivity contribution >= 4 is 5.69 Å². The van der Waals surface area contributed by atoms with E-state index in [2.05, 4.69) is 47.6 Å². The Morgan fingerprint density at radius 2 is 1.87 bits per heavy atom. The molecule has 1 aliphatic heterocycles. The fourth-order valence-electron chi connectivity index (χ4n) is 2.24. The van der Waals surface area contributed by atoms with Crippen molar-refractivity contribution < 1.29 is 0 Å². The normalized spacial score (nSPS) is 17.7. The summed E-state index contributed by atoms with van der Waals surface area (Å²) >= 11 is 0. The molecule has 0 saturated carbocycles. The summed E-state index contributed by atoms with van der Waals surface area (Å²) in [6.07, 6.45) is 2.63. The molecule has 2 nitrogen and oxygen atoms in total. The van der Waals surface area contributed by atoms with E-state index in [1.54, 1.807) is 0 Å². The van der Waals surface area contributed by atoms with Gasteiger partial charge in [0.25, 0.3) is 0 Å². The van der Waals surface area contributed by atoms with Gasteiger partial charge in [-0.1, -0.05) is 18.2 Å². The molecule has 0 amide bonds. The summed E-state index contributed by atoms with van der Waals surface area (Å²) in [5.74, 6) is 0.858. The molecule has 1 aliphatic rings. The number of hydrogen-bond donors (Lipinski definition) is 1. The van der Waals surface area contributed by atoms with Crippen molar-refractivity contribution in [3.05, 3.63) is 30.3 Å². The van der Waals surface area contributed by atoms with Crippen LogP contribution < -0.4 is 10.2 Å². The van der Waals surface area contributed by atoms with Gasteiger partial charge in [0.05, 0.1) is 0 Å². The zero-order chi connectivity index (χ0) is 10.5. The largest absolute Gasteiger partial charge is 0.374 e. The van der Waals surface area contributed by atoms with Crippen molar-refractivity contribution in [3.63, 3.8) is 0 Å². The molecule has 1 aromatic carbocycles. The lowest BCUT2D eigenvalue weighted by molar-refractivity contribution is 0.378. The average Bonchev–Trinajstić information content (AvgIpc) is 2.31. The number of rotatable bonds is 3. The molecule has 0 aliphatic carbocycles. The Morgan fingerprint density at radius 1 is 1.20 bits per heavy atom. The quantitative estimate of drug-likeness (QED) is 0.811. The molecular weight excluding hydrogens is 184 g/mol. The molecule has 0 unspecified atom stereocenters. The number of para-hydroxylation sites is 1. The number of nitrogens with one attached hydrogen (secondary N) is 1. The third-order valence-corrected chi connectivity index (χ3v) is 3.19. The molecule has 0 atom stereocenters. The van der Waals surface area contributed by atoms with E-state index >= 15 is 0 Å². The molecule has 0 spiro atoms. The topological polar surface area (TPSA) is 15.3 Å². The second kappa shape index (κ2) is 5.17. The Bertz CT molecular complexity index is 278. The minimum absolute atomic E-state index is 0.858. The van der Waals surface area contributed by atoms with Gasteiger partial charge in [0.1, 0.15) is 0 Å². The first-order chi connectivity index (χ1) is 7.36. The number of benzene rings is 1. The number of anilines is 1. The highest BCUT2D eigenvalue weighted by atomic mass is 15.1. The Kier molecular flexibility index (Phi) is 3.62. The number of nitrogens with zero attached hydrogens (tertiary/aromatic N) is 1. The average molecular weight is 204 g/mol. The second-order valence-electron chi connectivity index (χ2n) is 4.41. The summed E-state index contributed by atoms with van der Waals surface area (Å²) < 4.78 is 0. The van der Waals surface area contributed by atoms with Crippen molar-refractivity contribution in [3.8, 4) is 0 Å². The van der Waals surface area contributed by atoms with Gasteiger partial charge in [-0.05, 0) is 44.0 Å². The lowest BCUT2D eigenvalue weighted by atomic mass is 9.97. The summed E-state index contributed by atoms with van der Waals surface area (Å²) in [6.45, 7) is 3.56. The van der Waals surface area contributed by atoms with Crippen molar-refractivity contribution in [2.45, 2.75) is 12.8 Å². The van der Waals surface area contributed by atoms with Crippen LogP contribution in [0.15, 0.2) is 30.3 Å². The standard InChI is InChI=1S/C13H20N2/c1-15(13-5-3-2-4-6-13)11-12-7-9-14-10-8-12/h2-6,12,14H,7-11H2,1H3. The minimum Gasteiger partial charge on any atom is -0.374 e. The van der Waals surface area contributed by atoms with E-state index in [-0.39, 0.29) is 0 Å². The molecule has 0 radical (unpaired) electrons. The van der Waals surface area contributed by atoms with Crippen LogP contribution in [0.1, 0.15) is 12.8 Å². The Morgan fingerprint density at radius 3 is 2.53 bits per heavy atom. The van der Waals surface area contributed by atoms with Gasteiger partial charge in [-0.2, -0.15) is 0 Å². The molecule has 15 heavy (non-hydrogen) atoms. The van der Waals surface area contributed by atoms with Crippen LogP contribution in [0.5, 0.6) is 0 Å². The molecule has 1 fully saturated rings. The third-order valence-electron chi connectivity index (χ3n) is 3.19. The highest BCUT2D eigenvalue weighted by molar-refractivity contribution is 5.44. The van der Waals surface area contributed by atoms with E-state index < -0.39 is 0 Å². The fraction of sp³-hybridized carbons (Fsp3) is 0.538. The molecule has 1 heterocycles. The summed E-state index contributed by atoms with van der Waals surface area (Å²) in [6, 6.07) is 10.6. The fourth-order valence-corrected chi connectivity index (χ4v) is 2.24. The van der Waals surface area contributed by atoms with Gasteiger partial charge in [-0.15, -0.1) is 0 Å². The van der Waals surface area contributed by atoms with E-state index in [0.29, 0.717) is 0 Å². The van der Waals surface area contributed by atoms with E-state index in [0.717, 1.165) is 5.92 Å². The van der Waals surface area contributed by atoms with Crippen LogP contribution in [0.25, 0.3) is 0 Å². The summed E-state index contributed by atoms with van der Waals surface area (Å²) in [5, 5.41) is 3.41. The van der Waals surface area contributed by atoms with Gasteiger partial charge < -0.3 is 10.2 Å². The monoisotopic (exact) mass is 204 g/mol. The molecule has 2 heteroatoms. The van der Waals surface area contributed by atoms with Crippen molar-refractivity contribution in [2.75, 3.05) is 31.6 Å². The van der Waals surface area contributed by atoms with Crippen LogP contribution in [0, 0.1) is 5.92 Å². The molecule has 0 bridgehead atoms. The van der Waals surface area contributed by atoms with E-state index in [9.17, 15) is 0 Å². The predicted molar refractivity (Wildman–Crippen MR) is 65.3 cm³/mol. The summed E-state index contributed by atoms with van der Waals surface area (Å²) in [7, 11) is 2.19. The van der Waals surface area contributed by atoms with Gasteiger partial charge in [-0.25, -0.2) is 0 Å². The maximum absolute atomic E-state index is 3.41. The van der Waals surface area contributed by atoms with E-state index in [1.807, 2.05) is 0 Å². The first-order valence-electron chi connectivity index (χ1n) is 5.83. The molecule has 2 rings (SSSR count). The van der Waals surface area contributed by atoms with Gasteiger partial charge in [0, 0.05) is 19.3 Å². The molecule has 0 aromatic heterocycles. The van der Waals surface area contributed by atoms with Crippen LogP contribution in [-0.4, -0.2) is 26.7 Å².